The van der Waals surface area contributed by atoms with E-state index in [1.54, 1.807) is 4.90 Å². The normalized spacial score (nSPS) is 17.5. The number of benzene rings is 1. The Kier molecular flexibility index (Phi) is 6.37. The Labute approximate surface area is 199 Å². The Balaban J connectivity index is 1.57. The van der Waals surface area contributed by atoms with Gasteiger partial charge in [0.2, 0.25) is 10.0 Å². The quantitative estimate of drug-likeness (QED) is 0.470. The Morgan fingerprint density at radius 3 is 2.46 bits per heavy atom. The molecule has 1 aliphatic heterocycles. The van der Waals surface area contributed by atoms with Crippen molar-refractivity contribution in [3.63, 3.8) is 0 Å². The topological polar surface area (TPSA) is 143 Å². The molecule has 186 valence electrons. The van der Waals surface area contributed by atoms with E-state index in [1.165, 1.54) is 13.1 Å². The Morgan fingerprint density at radius 1 is 1.17 bits per heavy atom. The molecule has 1 atom stereocenters. The largest absolute Gasteiger partial charge is 0.573 e. The molecule has 0 unspecified atom stereocenters. The number of carbonyl (C=O) groups is 2. The number of sulfonamides is 1. The number of ketones is 1. The molecule has 11 nitrogen and oxygen atoms in total. The van der Waals surface area contributed by atoms with Crippen molar-refractivity contribution in [3.05, 3.63) is 36.3 Å². The van der Waals surface area contributed by atoms with Crippen LogP contribution < -0.4 is 9.64 Å². The van der Waals surface area contributed by atoms with E-state index in [9.17, 15) is 36.3 Å². The molecule has 1 fully saturated rings. The molecule has 0 aliphatic carbocycles. The number of carboxylic acid groups (broad SMARTS) is 1. The van der Waals surface area contributed by atoms with Crippen LogP contribution >= 0.6 is 11.3 Å². The molecule has 0 radical (unpaired) electrons. The zero-order chi connectivity index (χ0) is 25.5. The fraction of sp³-hybridized carbons (Fsp3) is 0.316. The van der Waals surface area contributed by atoms with Gasteiger partial charge in [-0.3, -0.25) is 9.59 Å². The van der Waals surface area contributed by atoms with Gasteiger partial charge in [0.25, 0.3) is 0 Å². The van der Waals surface area contributed by atoms with Crippen LogP contribution in [0.3, 0.4) is 0 Å². The van der Waals surface area contributed by atoms with E-state index in [-0.39, 0.29) is 41.8 Å². The zero-order valence-electron chi connectivity index (χ0n) is 17.8. The van der Waals surface area contributed by atoms with Crippen LogP contribution in [0.1, 0.15) is 17.5 Å². The molecule has 1 aromatic carbocycles. The van der Waals surface area contributed by atoms with Gasteiger partial charge in [0, 0.05) is 26.6 Å². The maximum atomic E-state index is 13.1. The van der Waals surface area contributed by atoms with Crippen molar-refractivity contribution < 1.29 is 41.0 Å². The summed E-state index contributed by atoms with van der Waals surface area (Å²) in [7, 11) is -4.35. The lowest BCUT2D eigenvalue weighted by Crippen LogP contribution is -2.58. The molecule has 16 heteroatoms. The standard InChI is InChI=1S/C19H16F3N5O6S2/c1-10(28)15-23-8-14-16(24-15)25-18(34-14)26-6-7-27(13(9-26)17(29)30)35(31,32)12-4-2-11(3-5-12)33-19(20,21)22/h2-5,8,13H,6-7,9H2,1H3,(H,29,30)/t13-/m1/s1. The predicted molar refractivity (Wildman–Crippen MR) is 116 cm³/mol. The third-order valence-electron chi connectivity index (χ3n) is 5.00. The number of Topliss-reactive ketones (excluding diaryl/α,β-unsaturated/α-hetero) is 1. The first-order valence-corrected chi connectivity index (χ1v) is 12.1. The van der Waals surface area contributed by atoms with E-state index in [0.29, 0.717) is 9.83 Å². The number of rotatable bonds is 6. The van der Waals surface area contributed by atoms with E-state index >= 15 is 0 Å². The lowest BCUT2D eigenvalue weighted by Gasteiger charge is -2.38. The minimum Gasteiger partial charge on any atom is -0.480 e. The predicted octanol–water partition coefficient (Wildman–Crippen LogP) is 2.15. The van der Waals surface area contributed by atoms with E-state index in [2.05, 4.69) is 19.7 Å². The van der Waals surface area contributed by atoms with Gasteiger partial charge in [-0.1, -0.05) is 11.3 Å². The van der Waals surface area contributed by atoms with Crippen molar-refractivity contribution in [3.8, 4) is 5.75 Å². The number of carboxylic acids is 1. The SMILES string of the molecule is CC(=O)c1ncc2sc(N3CCN(S(=O)(=O)c4ccc(OC(F)(F)F)cc4)[C@@H](C(=O)O)C3)nc2n1. The summed E-state index contributed by atoms with van der Waals surface area (Å²) >= 11 is 1.16. The molecule has 0 amide bonds. The highest BCUT2D eigenvalue weighted by Gasteiger charge is 2.41. The maximum absolute atomic E-state index is 13.1. The van der Waals surface area contributed by atoms with Crippen molar-refractivity contribution in [1.82, 2.24) is 19.3 Å². The summed E-state index contributed by atoms with van der Waals surface area (Å²) in [5, 5.41) is 10.1. The van der Waals surface area contributed by atoms with Crippen LogP contribution in [-0.2, 0) is 14.8 Å². The summed E-state index contributed by atoms with van der Waals surface area (Å²) in [5.41, 5.74) is 0.258. The van der Waals surface area contributed by atoms with Gasteiger partial charge in [-0.2, -0.15) is 9.29 Å². The smallest absolute Gasteiger partial charge is 0.480 e. The lowest BCUT2D eigenvalue weighted by atomic mass is 10.2. The van der Waals surface area contributed by atoms with Crippen LogP contribution in [0.4, 0.5) is 18.3 Å². The van der Waals surface area contributed by atoms with Crippen LogP contribution in [-0.4, -0.2) is 76.6 Å². The van der Waals surface area contributed by atoms with Crippen molar-refractivity contribution in [1.29, 1.82) is 0 Å². The fourth-order valence-corrected chi connectivity index (χ4v) is 5.88. The summed E-state index contributed by atoms with van der Waals surface area (Å²) < 4.78 is 68.4. The molecule has 1 saturated heterocycles. The summed E-state index contributed by atoms with van der Waals surface area (Å²) in [6.07, 6.45) is -3.51. The number of nitrogens with zero attached hydrogens (tertiary/aromatic N) is 5. The number of alkyl halides is 3. The molecule has 0 spiro atoms. The van der Waals surface area contributed by atoms with Gasteiger partial charge in [-0.25, -0.2) is 18.4 Å². The second-order valence-corrected chi connectivity index (χ2v) is 10.3. The third kappa shape index (κ3) is 5.18. The Hall–Kier alpha value is -3.37. The second-order valence-electron chi connectivity index (χ2n) is 7.37. The number of aliphatic carboxylic acids is 1. The lowest BCUT2D eigenvalue weighted by molar-refractivity contribution is -0.274. The summed E-state index contributed by atoms with van der Waals surface area (Å²) in [6.45, 7) is 0.935. The van der Waals surface area contributed by atoms with Crippen LogP contribution in [0.2, 0.25) is 0 Å². The summed E-state index contributed by atoms with van der Waals surface area (Å²) in [4.78, 5) is 37.0. The monoisotopic (exact) mass is 531 g/mol. The van der Waals surface area contributed by atoms with Gasteiger partial charge in [-0.05, 0) is 24.3 Å². The van der Waals surface area contributed by atoms with Crippen LogP contribution in [0.15, 0.2) is 35.4 Å². The Bertz CT molecular complexity index is 1390. The molecular weight excluding hydrogens is 515 g/mol. The number of hydrogen-bond donors (Lipinski definition) is 1. The number of fused-ring (bicyclic) bond motifs is 1. The number of ether oxygens (including phenoxy) is 1. The summed E-state index contributed by atoms with van der Waals surface area (Å²) in [6, 6.07) is 2.01. The van der Waals surface area contributed by atoms with Gasteiger partial charge in [0.05, 0.1) is 15.8 Å². The van der Waals surface area contributed by atoms with E-state index < -0.39 is 34.1 Å². The average Bonchev–Trinajstić information content (AvgIpc) is 3.21. The highest BCUT2D eigenvalue weighted by molar-refractivity contribution is 7.89. The Morgan fingerprint density at radius 2 is 1.86 bits per heavy atom. The first-order valence-electron chi connectivity index (χ1n) is 9.85. The number of thiazole rings is 1. The average molecular weight is 531 g/mol. The molecule has 0 saturated carbocycles. The molecule has 3 aromatic rings. The number of piperazine rings is 1. The molecule has 4 rings (SSSR count). The molecule has 0 bridgehead atoms. The van der Waals surface area contributed by atoms with E-state index in [1.807, 2.05) is 0 Å². The first-order chi connectivity index (χ1) is 16.3. The highest BCUT2D eigenvalue weighted by atomic mass is 32.2. The first kappa shape index (κ1) is 24.7. The van der Waals surface area contributed by atoms with Crippen LogP contribution in [0.5, 0.6) is 5.75 Å². The van der Waals surface area contributed by atoms with E-state index in [0.717, 1.165) is 39.9 Å². The van der Waals surface area contributed by atoms with Gasteiger partial charge < -0.3 is 14.7 Å². The zero-order valence-corrected chi connectivity index (χ0v) is 19.4. The highest BCUT2D eigenvalue weighted by Crippen LogP contribution is 2.31. The van der Waals surface area contributed by atoms with Gasteiger partial charge in [-0.15, -0.1) is 13.2 Å². The molecule has 3 heterocycles. The van der Waals surface area contributed by atoms with E-state index in [4.69, 9.17) is 0 Å². The number of aromatic nitrogens is 3. The van der Waals surface area contributed by atoms with Crippen molar-refractivity contribution >= 4 is 48.6 Å². The maximum Gasteiger partial charge on any atom is 0.573 e. The third-order valence-corrected chi connectivity index (χ3v) is 7.97. The van der Waals surface area contributed by atoms with Gasteiger partial charge >= 0.3 is 12.3 Å². The number of halogens is 3. The minimum absolute atomic E-state index is 0.0136. The molecule has 2 aromatic heterocycles. The second kappa shape index (κ2) is 9.01. The van der Waals surface area contributed by atoms with Gasteiger partial charge in [0.15, 0.2) is 22.4 Å². The van der Waals surface area contributed by atoms with Crippen molar-refractivity contribution in [2.45, 2.75) is 24.2 Å². The van der Waals surface area contributed by atoms with Crippen molar-refractivity contribution in [2.24, 2.45) is 0 Å². The van der Waals surface area contributed by atoms with Crippen LogP contribution in [0.25, 0.3) is 10.3 Å². The molecular formula is C19H16F3N5O6S2. The van der Waals surface area contributed by atoms with Crippen molar-refractivity contribution in [2.75, 3.05) is 24.5 Å². The molecule has 35 heavy (non-hydrogen) atoms. The van der Waals surface area contributed by atoms with Crippen LogP contribution in [0, 0.1) is 0 Å². The minimum atomic E-state index is -4.94. The van der Waals surface area contributed by atoms with Gasteiger partial charge in [0.1, 0.15) is 11.8 Å². The fourth-order valence-electron chi connectivity index (χ4n) is 3.41. The molecule has 1 N–H and O–H groups in total. The number of hydrogen-bond acceptors (Lipinski definition) is 10. The number of anilines is 1. The molecule has 1 aliphatic rings. The summed E-state index contributed by atoms with van der Waals surface area (Å²) in [5.74, 6) is -2.37. The number of carbonyl (C=O) groups excluding carboxylic acids is 1.